The predicted molar refractivity (Wildman–Crippen MR) is 293 cm³/mol. The molecule has 79 heavy (non-hydrogen) atoms. The molecule has 2 heterocycles. The molecule has 20 heteroatoms. The largest absolute Gasteiger partial charge is 0.438 e. The standard InChI is InChI=1S/C29H28F3N5O2.C26H25F3N2O2.C4H6N2S/c1-19(20-3-5-21(6-4-20)25-12-11-24(31)17-26(25)32)37-16-14-29(39-28(37)38,22-7-9-23(30)10-8-22)13-15-35-27(34-2)36-18-33;1-17(18-2-4-19(5-3-18)23-11-10-22(28)16-24(23)29)31-15-13-26(12-14-30,33-25(31)32)20-6-8-21(27)9-7-20;1-4(7-2)6-3-5/h3-12,17,19H,13-16H2,1-2H3,(H2,34,35,36);2-11,16-17H,12-15,30H2,1H3;1-2H3/t19-,29+;17-,26+;/m00./s1. The average molecular weight is 1100 g/mol. The SMILES string of the molecule is CN=C(NC#N)NCC[C@]1(c2ccc(F)cc2)CCN([C@@H](C)c2ccc(-c3ccc(F)cc3F)cc2)C(=O)O1.CSC(C)=NC#N.C[C@@H](c1ccc(-c2ccc(F)cc2F)cc1)N1CC[C@](CCN)(c2ccc(F)cc2)OC1=O. The normalized spacial score (nSPS) is 18.0. The Morgan fingerprint density at radius 1 is 0.671 bits per heavy atom. The van der Waals surface area contributed by atoms with Crippen molar-refractivity contribution in [3.05, 3.63) is 191 Å². The van der Waals surface area contributed by atoms with Crippen molar-refractivity contribution >= 4 is 35.0 Å². The van der Waals surface area contributed by atoms with Gasteiger partial charge in [0, 0.05) is 75.6 Å². The fourth-order valence-electron chi connectivity index (χ4n) is 9.25. The van der Waals surface area contributed by atoms with E-state index in [4.69, 9.17) is 25.7 Å². The lowest BCUT2D eigenvalue weighted by molar-refractivity contribution is -0.0650. The van der Waals surface area contributed by atoms with E-state index in [0.717, 1.165) is 33.9 Å². The second kappa shape index (κ2) is 27.8. The number of rotatable bonds is 13. The summed E-state index contributed by atoms with van der Waals surface area (Å²) in [7, 11) is 1.53. The second-order valence-corrected chi connectivity index (χ2v) is 19.4. The molecule has 0 bridgehead atoms. The molecule has 0 aromatic heterocycles. The van der Waals surface area contributed by atoms with Crippen LogP contribution in [0.25, 0.3) is 22.3 Å². The number of amides is 2. The van der Waals surface area contributed by atoms with Crippen molar-refractivity contribution in [2.45, 2.75) is 69.7 Å². The number of nitrogens with two attached hydrogens (primary N) is 1. The smallest absolute Gasteiger partial charge is 0.411 e. The summed E-state index contributed by atoms with van der Waals surface area (Å²) in [6.45, 7) is 7.03. The Morgan fingerprint density at radius 2 is 1.09 bits per heavy atom. The van der Waals surface area contributed by atoms with Crippen LogP contribution in [-0.4, -0.2) is 72.5 Å². The van der Waals surface area contributed by atoms with Gasteiger partial charge in [-0.05, 0) is 115 Å². The minimum atomic E-state index is -1.01. The van der Waals surface area contributed by atoms with Crippen molar-refractivity contribution in [2.75, 3.05) is 39.5 Å². The molecule has 0 saturated carbocycles. The molecule has 6 aromatic rings. The van der Waals surface area contributed by atoms with Crippen LogP contribution < -0.4 is 16.4 Å². The molecule has 0 unspecified atom stereocenters. The summed E-state index contributed by atoms with van der Waals surface area (Å²) in [5.74, 6) is -3.02. The van der Waals surface area contributed by atoms with E-state index in [1.807, 2.05) is 32.2 Å². The number of nitrogens with zero attached hydrogens (tertiary/aromatic N) is 6. The number of hydrogen-bond donors (Lipinski definition) is 3. The fraction of sp³-hybridized carbons (Fsp3) is 0.288. The fourth-order valence-corrected chi connectivity index (χ4v) is 9.38. The molecule has 2 saturated heterocycles. The van der Waals surface area contributed by atoms with Crippen LogP contribution in [0.15, 0.2) is 143 Å². The van der Waals surface area contributed by atoms with Crippen molar-refractivity contribution < 1.29 is 45.4 Å². The molecule has 412 valence electrons. The van der Waals surface area contributed by atoms with Gasteiger partial charge in [-0.15, -0.1) is 11.8 Å². The quantitative estimate of drug-likeness (QED) is 0.0331. The van der Waals surface area contributed by atoms with Crippen molar-refractivity contribution in [2.24, 2.45) is 15.7 Å². The molecule has 13 nitrogen and oxygen atoms in total. The maximum absolute atomic E-state index is 14.2. The number of hydrogen-bond acceptors (Lipinski definition) is 10. The summed E-state index contributed by atoms with van der Waals surface area (Å²) in [6.07, 6.45) is 6.13. The van der Waals surface area contributed by atoms with Crippen LogP contribution >= 0.6 is 11.8 Å². The van der Waals surface area contributed by atoms with E-state index in [1.54, 1.807) is 89.8 Å². The van der Waals surface area contributed by atoms with Gasteiger partial charge < -0.3 is 30.3 Å². The van der Waals surface area contributed by atoms with Gasteiger partial charge in [-0.25, -0.2) is 35.9 Å². The molecular weight excluding hydrogens is 1040 g/mol. The van der Waals surface area contributed by atoms with Crippen LogP contribution in [0.5, 0.6) is 0 Å². The van der Waals surface area contributed by atoms with E-state index >= 15 is 0 Å². The van der Waals surface area contributed by atoms with Gasteiger partial charge >= 0.3 is 12.2 Å². The van der Waals surface area contributed by atoms with Gasteiger partial charge in [0.25, 0.3) is 0 Å². The van der Waals surface area contributed by atoms with Gasteiger partial charge in [-0.1, -0.05) is 72.8 Å². The van der Waals surface area contributed by atoms with Gasteiger partial charge in [0.15, 0.2) is 6.19 Å². The first-order chi connectivity index (χ1) is 37.9. The molecule has 0 aliphatic carbocycles. The lowest BCUT2D eigenvalue weighted by Crippen LogP contribution is -2.50. The van der Waals surface area contributed by atoms with E-state index in [-0.39, 0.29) is 29.4 Å². The topological polar surface area (TPSA) is 181 Å². The molecule has 0 spiro atoms. The summed E-state index contributed by atoms with van der Waals surface area (Å²) in [5, 5.41) is 23.0. The summed E-state index contributed by atoms with van der Waals surface area (Å²) in [5.41, 5.74) is 8.75. The predicted octanol–water partition coefficient (Wildman–Crippen LogP) is 12.8. The van der Waals surface area contributed by atoms with E-state index in [0.29, 0.717) is 74.1 Å². The maximum atomic E-state index is 14.2. The Morgan fingerprint density at radius 3 is 1.43 bits per heavy atom. The third-order valence-corrected chi connectivity index (χ3v) is 14.4. The third-order valence-electron chi connectivity index (χ3n) is 13.8. The van der Waals surface area contributed by atoms with Gasteiger partial charge in [0.05, 0.1) is 17.1 Å². The highest BCUT2D eigenvalue weighted by Crippen LogP contribution is 2.42. The minimum Gasteiger partial charge on any atom is -0.438 e. The van der Waals surface area contributed by atoms with Crippen molar-refractivity contribution in [3.63, 3.8) is 0 Å². The van der Waals surface area contributed by atoms with Crippen LogP contribution in [0.4, 0.5) is 35.9 Å². The summed E-state index contributed by atoms with van der Waals surface area (Å²) < 4.78 is 93.8. The second-order valence-electron chi connectivity index (χ2n) is 18.4. The number of ether oxygens (including phenoxy) is 2. The Hall–Kier alpha value is -8.33. The van der Waals surface area contributed by atoms with Crippen LogP contribution in [-0.2, 0) is 20.7 Å². The zero-order valence-electron chi connectivity index (χ0n) is 44.1. The highest BCUT2D eigenvalue weighted by Gasteiger charge is 2.45. The number of carbonyl (C=O) groups is 2. The number of benzene rings is 6. The highest BCUT2D eigenvalue weighted by molar-refractivity contribution is 8.13. The van der Waals surface area contributed by atoms with Crippen LogP contribution in [0, 0.1) is 57.8 Å². The van der Waals surface area contributed by atoms with Crippen LogP contribution in [0.2, 0.25) is 0 Å². The minimum absolute atomic E-state index is 0.284. The first-order valence-electron chi connectivity index (χ1n) is 25.1. The molecule has 4 N–H and O–H groups in total. The first kappa shape index (κ1) is 59.9. The number of nitrogens with one attached hydrogen (secondary N) is 2. The molecule has 2 amide bonds. The Kier molecular flexibility index (Phi) is 21.1. The van der Waals surface area contributed by atoms with Crippen molar-refractivity contribution in [1.29, 1.82) is 10.5 Å². The zero-order chi connectivity index (χ0) is 57.3. The maximum Gasteiger partial charge on any atom is 0.411 e. The number of carbonyl (C=O) groups excluding carboxylic acids is 2. The number of nitriles is 2. The highest BCUT2D eigenvalue weighted by atomic mass is 32.2. The van der Waals surface area contributed by atoms with Crippen LogP contribution in [0.1, 0.15) is 80.8 Å². The average Bonchev–Trinajstić information content (AvgIpc) is 3.44. The number of guanidine groups is 1. The number of halogens is 6. The van der Waals surface area contributed by atoms with Gasteiger partial charge in [0.1, 0.15) is 46.1 Å². The molecule has 2 fully saturated rings. The van der Waals surface area contributed by atoms with Crippen LogP contribution in [0.3, 0.4) is 0 Å². The van der Waals surface area contributed by atoms with Gasteiger partial charge in [-0.2, -0.15) is 15.5 Å². The molecule has 2 aliphatic heterocycles. The zero-order valence-corrected chi connectivity index (χ0v) is 44.9. The monoisotopic (exact) mass is 1100 g/mol. The van der Waals surface area contributed by atoms with E-state index in [2.05, 4.69) is 20.6 Å². The lowest BCUT2D eigenvalue weighted by atomic mass is 9.85. The molecule has 8 rings (SSSR count). The Bertz CT molecular complexity index is 3190. The molecule has 0 radical (unpaired) electrons. The summed E-state index contributed by atoms with van der Waals surface area (Å²) >= 11 is 1.48. The number of aliphatic imine (C=N–C) groups is 2. The number of thioether (sulfide) groups is 1. The Labute approximate surface area is 459 Å². The van der Waals surface area contributed by atoms with Gasteiger partial charge in [0.2, 0.25) is 12.2 Å². The lowest BCUT2D eigenvalue weighted by Gasteiger charge is -2.43. The molecule has 6 aromatic carbocycles. The van der Waals surface area contributed by atoms with Gasteiger partial charge in [-0.3, -0.25) is 10.3 Å². The third kappa shape index (κ3) is 15.2. The van der Waals surface area contributed by atoms with E-state index in [1.165, 1.54) is 67.3 Å². The number of cyclic esters (lactones) is 2. The van der Waals surface area contributed by atoms with E-state index < -0.39 is 52.5 Å². The summed E-state index contributed by atoms with van der Waals surface area (Å²) in [6, 6.07) is 32.3. The Balaban J connectivity index is 0.000000230. The first-order valence-corrected chi connectivity index (χ1v) is 26.3. The van der Waals surface area contributed by atoms with E-state index in [9.17, 15) is 35.9 Å². The summed E-state index contributed by atoms with van der Waals surface area (Å²) in [4.78, 5) is 37.0. The molecule has 4 atom stereocenters. The molecular formula is C59H59F6N9O4S. The van der Waals surface area contributed by atoms with Crippen molar-refractivity contribution in [3.8, 4) is 34.6 Å². The molecule has 2 aliphatic rings. The van der Waals surface area contributed by atoms with Crippen molar-refractivity contribution in [1.82, 2.24) is 20.4 Å².